The van der Waals surface area contributed by atoms with Crippen molar-refractivity contribution in [2.75, 3.05) is 26.9 Å². The van der Waals surface area contributed by atoms with Crippen LogP contribution in [0.15, 0.2) is 36.7 Å². The minimum atomic E-state index is -0.0320. The van der Waals surface area contributed by atoms with Crippen molar-refractivity contribution in [1.82, 2.24) is 4.98 Å². The lowest BCUT2D eigenvalue weighted by Gasteiger charge is -2.14. The highest BCUT2D eigenvalue weighted by Crippen LogP contribution is 2.23. The molecule has 0 radical (unpaired) electrons. The molecule has 1 unspecified atom stereocenters. The Morgan fingerprint density at radius 3 is 2.95 bits per heavy atom. The van der Waals surface area contributed by atoms with Gasteiger partial charge >= 0.3 is 0 Å². The highest BCUT2D eigenvalue weighted by Gasteiger charge is 2.09. The molecule has 102 valence electrons. The fourth-order valence-electron chi connectivity index (χ4n) is 2.07. The third kappa shape index (κ3) is 3.73. The second kappa shape index (κ2) is 7.19. The Balaban J connectivity index is 1.99. The molecule has 0 amide bonds. The van der Waals surface area contributed by atoms with Crippen LogP contribution in [0.1, 0.15) is 18.0 Å². The maximum atomic E-state index is 6.24. The number of nitrogens with zero attached hydrogens (tertiary/aromatic N) is 1. The second-order valence-corrected chi connectivity index (χ2v) is 4.44. The van der Waals surface area contributed by atoms with E-state index in [1.165, 1.54) is 5.39 Å². The molecule has 0 fully saturated rings. The lowest BCUT2D eigenvalue weighted by atomic mass is 9.99. The van der Waals surface area contributed by atoms with Crippen molar-refractivity contribution >= 4 is 10.8 Å². The van der Waals surface area contributed by atoms with Crippen LogP contribution in [0.2, 0.25) is 0 Å². The quantitative estimate of drug-likeness (QED) is 0.776. The first kappa shape index (κ1) is 13.9. The molecule has 0 aliphatic carbocycles. The third-order valence-electron chi connectivity index (χ3n) is 3.12. The normalized spacial score (nSPS) is 12.7. The predicted molar refractivity (Wildman–Crippen MR) is 76.0 cm³/mol. The number of pyridine rings is 1. The molecule has 4 heteroatoms. The van der Waals surface area contributed by atoms with Gasteiger partial charge in [0.2, 0.25) is 0 Å². The van der Waals surface area contributed by atoms with Crippen molar-refractivity contribution in [1.29, 1.82) is 0 Å². The van der Waals surface area contributed by atoms with Gasteiger partial charge in [0.05, 0.1) is 13.2 Å². The summed E-state index contributed by atoms with van der Waals surface area (Å²) in [6.45, 7) is 1.87. The maximum Gasteiger partial charge on any atom is 0.0700 e. The van der Waals surface area contributed by atoms with Gasteiger partial charge in [0, 0.05) is 37.5 Å². The molecule has 1 aromatic carbocycles. The van der Waals surface area contributed by atoms with E-state index in [-0.39, 0.29) is 6.04 Å². The Bertz CT molecular complexity index is 511. The van der Waals surface area contributed by atoms with Gasteiger partial charge in [0.25, 0.3) is 0 Å². The van der Waals surface area contributed by atoms with Gasteiger partial charge in [-0.25, -0.2) is 0 Å². The summed E-state index contributed by atoms with van der Waals surface area (Å²) in [7, 11) is 1.66. The van der Waals surface area contributed by atoms with Gasteiger partial charge < -0.3 is 15.2 Å². The van der Waals surface area contributed by atoms with E-state index < -0.39 is 0 Å². The van der Waals surface area contributed by atoms with Crippen LogP contribution in [0.3, 0.4) is 0 Å². The van der Waals surface area contributed by atoms with Crippen LogP contribution in [-0.2, 0) is 9.47 Å². The van der Waals surface area contributed by atoms with Crippen LogP contribution < -0.4 is 5.73 Å². The minimum absolute atomic E-state index is 0.0320. The summed E-state index contributed by atoms with van der Waals surface area (Å²) in [5.74, 6) is 0. The summed E-state index contributed by atoms with van der Waals surface area (Å²) >= 11 is 0. The van der Waals surface area contributed by atoms with Crippen molar-refractivity contribution in [2.45, 2.75) is 12.5 Å². The molecule has 0 spiro atoms. The highest BCUT2D eigenvalue weighted by molar-refractivity contribution is 5.85. The number of hydrogen-bond donors (Lipinski definition) is 1. The first-order valence-electron chi connectivity index (χ1n) is 6.48. The molecule has 1 atom stereocenters. The molecular weight excluding hydrogens is 240 g/mol. The van der Waals surface area contributed by atoms with Crippen LogP contribution in [-0.4, -0.2) is 31.9 Å². The van der Waals surface area contributed by atoms with Gasteiger partial charge in [-0.05, 0) is 23.4 Å². The number of methoxy groups -OCH3 is 1. The smallest absolute Gasteiger partial charge is 0.0700 e. The molecule has 0 bridgehead atoms. The minimum Gasteiger partial charge on any atom is -0.382 e. The Labute approximate surface area is 113 Å². The number of rotatable bonds is 7. The zero-order valence-corrected chi connectivity index (χ0v) is 11.2. The monoisotopic (exact) mass is 260 g/mol. The van der Waals surface area contributed by atoms with Crippen molar-refractivity contribution in [3.8, 4) is 0 Å². The Hall–Kier alpha value is -1.49. The average molecular weight is 260 g/mol. The van der Waals surface area contributed by atoms with Gasteiger partial charge in [-0.1, -0.05) is 18.2 Å². The summed E-state index contributed by atoms with van der Waals surface area (Å²) in [5.41, 5.74) is 7.36. The van der Waals surface area contributed by atoms with E-state index >= 15 is 0 Å². The second-order valence-electron chi connectivity index (χ2n) is 4.44. The van der Waals surface area contributed by atoms with Crippen molar-refractivity contribution < 1.29 is 9.47 Å². The van der Waals surface area contributed by atoms with Crippen molar-refractivity contribution in [2.24, 2.45) is 5.73 Å². The lowest BCUT2D eigenvalue weighted by Crippen LogP contribution is -2.14. The topological polar surface area (TPSA) is 57.4 Å². The molecule has 0 aliphatic rings. The first-order valence-corrected chi connectivity index (χ1v) is 6.48. The Morgan fingerprint density at radius 2 is 2.11 bits per heavy atom. The number of hydrogen-bond acceptors (Lipinski definition) is 4. The maximum absolute atomic E-state index is 6.24. The fourth-order valence-corrected chi connectivity index (χ4v) is 2.07. The number of nitrogens with two attached hydrogens (primary N) is 1. The average Bonchev–Trinajstić information content (AvgIpc) is 2.46. The largest absolute Gasteiger partial charge is 0.382 e. The van der Waals surface area contributed by atoms with Crippen LogP contribution in [0.5, 0.6) is 0 Å². The predicted octanol–water partition coefficient (Wildman–Crippen LogP) is 2.29. The molecule has 1 heterocycles. The van der Waals surface area contributed by atoms with Crippen LogP contribution >= 0.6 is 0 Å². The van der Waals surface area contributed by atoms with E-state index in [9.17, 15) is 0 Å². The van der Waals surface area contributed by atoms with Gasteiger partial charge in [-0.15, -0.1) is 0 Å². The molecule has 0 aliphatic heterocycles. The zero-order valence-electron chi connectivity index (χ0n) is 11.2. The molecule has 0 saturated heterocycles. The van der Waals surface area contributed by atoms with Gasteiger partial charge in [0.15, 0.2) is 0 Å². The standard InChI is InChI=1S/C15H20N2O2/c1-18-9-10-19-8-6-15(16)13-4-2-3-12-5-7-17-11-14(12)13/h2-5,7,11,15H,6,8-10,16H2,1H3. The molecule has 2 N–H and O–H groups in total. The molecule has 0 saturated carbocycles. The number of ether oxygens (including phenoxy) is 2. The summed E-state index contributed by atoms with van der Waals surface area (Å²) in [6, 6.07) is 8.13. The van der Waals surface area contributed by atoms with Crippen LogP contribution in [0.25, 0.3) is 10.8 Å². The summed E-state index contributed by atoms with van der Waals surface area (Å²) in [5, 5.41) is 2.29. The molecule has 19 heavy (non-hydrogen) atoms. The first-order chi connectivity index (χ1) is 9.33. The SMILES string of the molecule is COCCOCCC(N)c1cccc2ccncc12. The summed E-state index contributed by atoms with van der Waals surface area (Å²) in [6.07, 6.45) is 4.46. The molecule has 2 rings (SSSR count). The molecule has 2 aromatic rings. The van der Waals surface area contributed by atoms with Crippen molar-refractivity contribution in [3.63, 3.8) is 0 Å². The number of benzene rings is 1. The van der Waals surface area contributed by atoms with E-state index in [4.69, 9.17) is 15.2 Å². The van der Waals surface area contributed by atoms with E-state index in [2.05, 4.69) is 17.1 Å². The van der Waals surface area contributed by atoms with Gasteiger partial charge in [0.1, 0.15) is 0 Å². The summed E-state index contributed by atoms with van der Waals surface area (Å²) in [4.78, 5) is 4.17. The van der Waals surface area contributed by atoms with E-state index in [0.717, 1.165) is 17.4 Å². The van der Waals surface area contributed by atoms with Gasteiger partial charge in [-0.3, -0.25) is 4.98 Å². The number of fused-ring (bicyclic) bond motifs is 1. The highest BCUT2D eigenvalue weighted by atomic mass is 16.5. The summed E-state index contributed by atoms with van der Waals surface area (Å²) < 4.78 is 10.4. The Kier molecular flexibility index (Phi) is 5.27. The zero-order chi connectivity index (χ0) is 13.5. The number of aromatic nitrogens is 1. The Morgan fingerprint density at radius 1 is 1.21 bits per heavy atom. The molecule has 4 nitrogen and oxygen atoms in total. The molecule has 1 aromatic heterocycles. The fraction of sp³-hybridized carbons (Fsp3) is 0.400. The van der Waals surface area contributed by atoms with Crippen molar-refractivity contribution in [3.05, 3.63) is 42.2 Å². The van der Waals surface area contributed by atoms with Crippen LogP contribution in [0.4, 0.5) is 0 Å². The van der Waals surface area contributed by atoms with E-state index in [1.54, 1.807) is 13.3 Å². The third-order valence-corrected chi connectivity index (χ3v) is 3.12. The van der Waals surface area contributed by atoms with E-state index in [0.29, 0.717) is 19.8 Å². The van der Waals surface area contributed by atoms with E-state index in [1.807, 2.05) is 18.3 Å². The molecular formula is C15H20N2O2. The lowest BCUT2D eigenvalue weighted by molar-refractivity contribution is 0.0672. The van der Waals surface area contributed by atoms with Gasteiger partial charge in [-0.2, -0.15) is 0 Å². The van der Waals surface area contributed by atoms with Crippen LogP contribution in [0, 0.1) is 0 Å².